The average Bonchev–Trinajstić information content (AvgIpc) is 3.04. The van der Waals surface area contributed by atoms with Gasteiger partial charge in [0.2, 0.25) is 0 Å². The van der Waals surface area contributed by atoms with Gasteiger partial charge >= 0.3 is 0 Å². The lowest BCUT2D eigenvalue weighted by Crippen LogP contribution is -2.63. The van der Waals surface area contributed by atoms with Crippen LogP contribution in [-0.2, 0) is 13.1 Å². The fourth-order valence-corrected chi connectivity index (χ4v) is 2.33. The molecule has 0 saturated carbocycles. The molecule has 1 aliphatic heterocycles. The molecule has 1 aliphatic rings. The van der Waals surface area contributed by atoms with E-state index in [0.717, 1.165) is 32.7 Å². The van der Waals surface area contributed by atoms with E-state index < -0.39 is 0 Å². The van der Waals surface area contributed by atoms with Crippen molar-refractivity contribution in [2.45, 2.75) is 18.6 Å². The van der Waals surface area contributed by atoms with Gasteiger partial charge in [0.05, 0.1) is 18.6 Å². The van der Waals surface area contributed by atoms with Gasteiger partial charge in [0.1, 0.15) is 25.3 Å². The number of hydrogen-bond donors (Lipinski definition) is 2. The molecule has 2 N–H and O–H groups in total. The predicted octanol–water partition coefficient (Wildman–Crippen LogP) is -1.50. The van der Waals surface area contributed by atoms with Gasteiger partial charge in [-0.15, -0.1) is 0 Å². The first-order chi connectivity index (χ1) is 8.86. The van der Waals surface area contributed by atoms with Gasteiger partial charge in [0.15, 0.2) is 0 Å². The summed E-state index contributed by atoms with van der Waals surface area (Å²) in [5, 5.41) is 15.3. The number of nitrogens with one attached hydrogen (secondary N) is 2. The Labute approximate surface area is 104 Å². The number of piperazine rings is 1. The summed E-state index contributed by atoms with van der Waals surface area (Å²) in [6.07, 6.45) is 6.58. The van der Waals surface area contributed by atoms with Gasteiger partial charge in [-0.2, -0.15) is 10.2 Å². The molecule has 96 valence electrons. The molecule has 0 aromatic carbocycles. The molecule has 3 heterocycles. The largest absolute Gasteiger partial charge is 0.313 e. The van der Waals surface area contributed by atoms with E-state index in [2.05, 4.69) is 30.8 Å². The molecule has 1 fully saturated rings. The van der Waals surface area contributed by atoms with Crippen LogP contribution in [0.3, 0.4) is 0 Å². The van der Waals surface area contributed by atoms with Crippen molar-refractivity contribution >= 4 is 0 Å². The fourth-order valence-electron chi connectivity index (χ4n) is 2.33. The molecule has 0 radical (unpaired) electrons. The Hall–Kier alpha value is -1.80. The van der Waals surface area contributed by atoms with Gasteiger partial charge in [0, 0.05) is 19.6 Å². The summed E-state index contributed by atoms with van der Waals surface area (Å²) in [6, 6.07) is 0. The minimum Gasteiger partial charge on any atom is -0.313 e. The standard InChI is InChI=1S/C10H16N8/c1-2-14-10(3-11-1,4-17-8-12-6-15-17)5-18-9-13-7-16-18/h6-9,11,14H,1-5H2. The van der Waals surface area contributed by atoms with Crippen LogP contribution in [-0.4, -0.2) is 54.7 Å². The molecule has 0 spiro atoms. The van der Waals surface area contributed by atoms with Crippen molar-refractivity contribution in [2.24, 2.45) is 0 Å². The highest BCUT2D eigenvalue weighted by atomic mass is 15.4. The lowest BCUT2D eigenvalue weighted by molar-refractivity contribution is 0.194. The van der Waals surface area contributed by atoms with Crippen LogP contribution >= 0.6 is 0 Å². The number of rotatable bonds is 4. The molecule has 0 bridgehead atoms. The zero-order valence-electron chi connectivity index (χ0n) is 10.0. The van der Waals surface area contributed by atoms with Crippen LogP contribution in [0.4, 0.5) is 0 Å². The molecular formula is C10H16N8. The first-order valence-electron chi connectivity index (χ1n) is 5.97. The minimum absolute atomic E-state index is 0.111. The van der Waals surface area contributed by atoms with Crippen molar-refractivity contribution in [3.8, 4) is 0 Å². The molecule has 8 nitrogen and oxygen atoms in total. The Balaban J connectivity index is 1.79. The van der Waals surface area contributed by atoms with Crippen LogP contribution < -0.4 is 10.6 Å². The van der Waals surface area contributed by atoms with E-state index >= 15 is 0 Å². The monoisotopic (exact) mass is 248 g/mol. The molecular weight excluding hydrogens is 232 g/mol. The third-order valence-corrected chi connectivity index (χ3v) is 3.13. The van der Waals surface area contributed by atoms with E-state index in [-0.39, 0.29) is 5.54 Å². The number of aromatic nitrogens is 6. The van der Waals surface area contributed by atoms with E-state index in [9.17, 15) is 0 Å². The van der Waals surface area contributed by atoms with Crippen LogP contribution in [0.15, 0.2) is 25.3 Å². The highest BCUT2D eigenvalue weighted by Crippen LogP contribution is 2.12. The van der Waals surface area contributed by atoms with Crippen LogP contribution in [0.25, 0.3) is 0 Å². The van der Waals surface area contributed by atoms with Crippen molar-refractivity contribution in [1.82, 2.24) is 40.2 Å². The Morgan fingerprint density at radius 3 is 2.11 bits per heavy atom. The average molecular weight is 248 g/mol. The first kappa shape index (κ1) is 11.3. The molecule has 18 heavy (non-hydrogen) atoms. The fraction of sp³-hybridized carbons (Fsp3) is 0.600. The van der Waals surface area contributed by atoms with Crippen molar-refractivity contribution in [3.63, 3.8) is 0 Å². The first-order valence-corrected chi connectivity index (χ1v) is 5.97. The van der Waals surface area contributed by atoms with Crippen molar-refractivity contribution < 1.29 is 0 Å². The lowest BCUT2D eigenvalue weighted by atomic mass is 9.97. The van der Waals surface area contributed by atoms with Gasteiger partial charge < -0.3 is 10.6 Å². The lowest BCUT2D eigenvalue weighted by Gasteiger charge is -2.38. The molecule has 0 atom stereocenters. The molecule has 0 aliphatic carbocycles. The van der Waals surface area contributed by atoms with Gasteiger partial charge in [-0.25, -0.2) is 9.97 Å². The smallest absolute Gasteiger partial charge is 0.137 e. The summed E-state index contributed by atoms with van der Waals surface area (Å²) in [6.45, 7) is 4.28. The van der Waals surface area contributed by atoms with Gasteiger partial charge in [-0.05, 0) is 0 Å². The summed E-state index contributed by atoms with van der Waals surface area (Å²) >= 11 is 0. The molecule has 8 heteroatoms. The Kier molecular flexibility index (Phi) is 3.03. The van der Waals surface area contributed by atoms with Gasteiger partial charge in [-0.1, -0.05) is 0 Å². The second kappa shape index (κ2) is 4.83. The highest BCUT2D eigenvalue weighted by molar-refractivity contribution is 4.93. The summed E-state index contributed by atoms with van der Waals surface area (Å²) in [4.78, 5) is 7.97. The molecule has 3 rings (SSSR count). The molecule has 0 unspecified atom stereocenters. The second-order valence-corrected chi connectivity index (χ2v) is 4.57. The maximum Gasteiger partial charge on any atom is 0.137 e. The second-order valence-electron chi connectivity index (χ2n) is 4.57. The Bertz CT molecular complexity index is 418. The van der Waals surface area contributed by atoms with Crippen molar-refractivity contribution in [1.29, 1.82) is 0 Å². The van der Waals surface area contributed by atoms with E-state index in [4.69, 9.17) is 0 Å². The van der Waals surface area contributed by atoms with E-state index in [0.29, 0.717) is 0 Å². The number of nitrogens with zero attached hydrogens (tertiary/aromatic N) is 6. The van der Waals surface area contributed by atoms with Crippen LogP contribution in [0.2, 0.25) is 0 Å². The minimum atomic E-state index is -0.111. The Morgan fingerprint density at radius 2 is 1.67 bits per heavy atom. The van der Waals surface area contributed by atoms with E-state index in [1.54, 1.807) is 25.3 Å². The maximum absolute atomic E-state index is 4.18. The number of hydrogen-bond acceptors (Lipinski definition) is 6. The molecule has 2 aromatic heterocycles. The zero-order valence-corrected chi connectivity index (χ0v) is 10.0. The van der Waals surface area contributed by atoms with E-state index in [1.807, 2.05) is 9.36 Å². The van der Waals surface area contributed by atoms with E-state index in [1.165, 1.54) is 0 Å². The zero-order chi connectivity index (χ0) is 12.3. The quantitative estimate of drug-likeness (QED) is 0.685. The van der Waals surface area contributed by atoms with Crippen LogP contribution in [0, 0.1) is 0 Å². The molecule has 1 saturated heterocycles. The third kappa shape index (κ3) is 2.39. The van der Waals surface area contributed by atoms with Crippen molar-refractivity contribution in [2.75, 3.05) is 19.6 Å². The molecule has 0 amide bonds. The van der Waals surface area contributed by atoms with Gasteiger partial charge in [-0.3, -0.25) is 9.36 Å². The summed E-state index contributed by atoms with van der Waals surface area (Å²) in [5.74, 6) is 0. The SMILES string of the molecule is c1ncn(CC2(Cn3cncn3)CNCCN2)n1. The van der Waals surface area contributed by atoms with Gasteiger partial charge in [0.25, 0.3) is 0 Å². The predicted molar refractivity (Wildman–Crippen MR) is 63.6 cm³/mol. The van der Waals surface area contributed by atoms with Crippen LogP contribution in [0.1, 0.15) is 0 Å². The topological polar surface area (TPSA) is 85.5 Å². The summed E-state index contributed by atoms with van der Waals surface area (Å²) < 4.78 is 3.69. The molecule has 2 aromatic rings. The highest BCUT2D eigenvalue weighted by Gasteiger charge is 2.33. The summed E-state index contributed by atoms with van der Waals surface area (Å²) in [7, 11) is 0. The Morgan fingerprint density at radius 1 is 1.00 bits per heavy atom. The third-order valence-electron chi connectivity index (χ3n) is 3.13. The van der Waals surface area contributed by atoms with Crippen LogP contribution in [0.5, 0.6) is 0 Å². The normalized spacial score (nSPS) is 18.9. The van der Waals surface area contributed by atoms with Crippen molar-refractivity contribution in [3.05, 3.63) is 25.3 Å². The maximum atomic E-state index is 4.18. The summed E-state index contributed by atoms with van der Waals surface area (Å²) in [5.41, 5.74) is -0.111.